The first-order chi connectivity index (χ1) is 11.6. The number of hydrogen-bond acceptors (Lipinski definition) is 4. The Kier molecular flexibility index (Phi) is 4.57. The number of nitro benzene ring substituents is 1. The number of non-ortho nitro benzene ring substituents is 1. The first kappa shape index (κ1) is 16.1. The Labute approximate surface area is 140 Å². The topological polar surface area (TPSA) is 89.5 Å². The summed E-state index contributed by atoms with van der Waals surface area (Å²) in [5.74, 6) is -0.109. The van der Waals surface area contributed by atoms with Gasteiger partial charge < -0.3 is 10.6 Å². The highest BCUT2D eigenvalue weighted by Crippen LogP contribution is 2.31. The molecule has 1 atom stereocenters. The number of hydrogen-bond donors (Lipinski definition) is 1. The Balaban J connectivity index is 1.75. The third kappa shape index (κ3) is 3.60. The number of amides is 1. The van der Waals surface area contributed by atoms with E-state index in [0.717, 1.165) is 24.0 Å². The summed E-state index contributed by atoms with van der Waals surface area (Å²) in [6.07, 6.45) is 1.94. The molecule has 2 N–H and O–H groups in total. The van der Waals surface area contributed by atoms with Gasteiger partial charge in [0.1, 0.15) is 6.04 Å². The molecule has 24 heavy (non-hydrogen) atoms. The molecule has 0 radical (unpaired) electrons. The van der Waals surface area contributed by atoms with E-state index >= 15 is 0 Å². The van der Waals surface area contributed by atoms with Crippen molar-refractivity contribution in [2.45, 2.75) is 31.5 Å². The van der Waals surface area contributed by atoms with E-state index in [1.54, 1.807) is 17.0 Å². The van der Waals surface area contributed by atoms with Gasteiger partial charge in [-0.05, 0) is 24.0 Å². The molecule has 1 saturated carbocycles. The van der Waals surface area contributed by atoms with Gasteiger partial charge in [-0.3, -0.25) is 14.9 Å². The van der Waals surface area contributed by atoms with Crippen molar-refractivity contribution in [1.29, 1.82) is 0 Å². The summed E-state index contributed by atoms with van der Waals surface area (Å²) in [6, 6.07) is 15.1. The van der Waals surface area contributed by atoms with Gasteiger partial charge >= 0.3 is 0 Å². The van der Waals surface area contributed by atoms with E-state index in [4.69, 9.17) is 5.73 Å². The molecule has 1 fully saturated rings. The Morgan fingerprint density at radius 3 is 2.33 bits per heavy atom. The van der Waals surface area contributed by atoms with Crippen molar-refractivity contribution in [2.75, 3.05) is 0 Å². The van der Waals surface area contributed by atoms with Crippen molar-refractivity contribution >= 4 is 11.6 Å². The highest BCUT2D eigenvalue weighted by Gasteiger charge is 2.35. The summed E-state index contributed by atoms with van der Waals surface area (Å²) in [4.78, 5) is 24.9. The molecule has 0 unspecified atom stereocenters. The van der Waals surface area contributed by atoms with Crippen molar-refractivity contribution in [2.24, 2.45) is 5.73 Å². The maximum absolute atomic E-state index is 12.8. The number of rotatable bonds is 6. The van der Waals surface area contributed by atoms with Crippen LogP contribution in [0.15, 0.2) is 54.6 Å². The number of carbonyl (C=O) groups is 1. The minimum absolute atomic E-state index is 0.0454. The lowest BCUT2D eigenvalue weighted by Gasteiger charge is -2.26. The van der Waals surface area contributed by atoms with Gasteiger partial charge in [0.05, 0.1) is 4.92 Å². The van der Waals surface area contributed by atoms with E-state index in [9.17, 15) is 14.9 Å². The molecule has 2 aromatic carbocycles. The van der Waals surface area contributed by atoms with Gasteiger partial charge in [0.2, 0.25) is 5.91 Å². The number of nitrogens with zero attached hydrogens (tertiary/aromatic N) is 2. The van der Waals surface area contributed by atoms with Crippen molar-refractivity contribution in [1.82, 2.24) is 4.90 Å². The first-order valence-corrected chi connectivity index (χ1v) is 7.90. The standard InChI is InChI=1S/C18H19N3O3/c19-17(14-4-2-1-3-5-14)18(22)20(15-10-11-15)12-13-6-8-16(9-7-13)21(23)24/h1-9,15,17H,10-12,19H2/t17-/m1/s1. The first-order valence-electron chi connectivity index (χ1n) is 7.90. The van der Waals surface area contributed by atoms with Crippen LogP contribution in [-0.2, 0) is 11.3 Å². The Morgan fingerprint density at radius 2 is 1.79 bits per heavy atom. The molecule has 6 heteroatoms. The van der Waals surface area contributed by atoms with Crippen LogP contribution in [0, 0.1) is 10.1 Å². The third-order valence-corrected chi connectivity index (χ3v) is 4.20. The molecule has 1 amide bonds. The zero-order valence-corrected chi connectivity index (χ0v) is 13.2. The average Bonchev–Trinajstić information content (AvgIpc) is 3.44. The summed E-state index contributed by atoms with van der Waals surface area (Å²) in [5.41, 5.74) is 7.84. The van der Waals surface area contributed by atoms with Crippen molar-refractivity contribution in [3.63, 3.8) is 0 Å². The van der Waals surface area contributed by atoms with Gasteiger partial charge in [-0.25, -0.2) is 0 Å². The Hall–Kier alpha value is -2.73. The molecule has 2 aromatic rings. The highest BCUT2D eigenvalue weighted by molar-refractivity contribution is 5.83. The van der Waals surface area contributed by atoms with Crippen molar-refractivity contribution in [3.05, 3.63) is 75.8 Å². The minimum Gasteiger partial charge on any atom is -0.334 e. The predicted molar refractivity (Wildman–Crippen MR) is 90.0 cm³/mol. The zero-order valence-electron chi connectivity index (χ0n) is 13.2. The molecule has 0 spiro atoms. The fourth-order valence-electron chi connectivity index (χ4n) is 2.67. The third-order valence-electron chi connectivity index (χ3n) is 4.20. The van der Waals surface area contributed by atoms with Crippen LogP contribution >= 0.6 is 0 Å². The van der Waals surface area contributed by atoms with E-state index in [1.807, 2.05) is 30.3 Å². The number of carbonyl (C=O) groups excluding carboxylic acids is 1. The van der Waals surface area contributed by atoms with Gasteiger partial charge in [-0.1, -0.05) is 42.5 Å². The molecular weight excluding hydrogens is 306 g/mol. The summed E-state index contributed by atoms with van der Waals surface area (Å²) in [7, 11) is 0. The molecule has 3 rings (SSSR count). The van der Waals surface area contributed by atoms with E-state index in [2.05, 4.69) is 0 Å². The molecule has 6 nitrogen and oxygen atoms in total. The fraction of sp³-hybridized carbons (Fsp3) is 0.278. The Bertz CT molecular complexity index is 727. The van der Waals surface area contributed by atoms with Gasteiger partial charge in [0.25, 0.3) is 5.69 Å². The van der Waals surface area contributed by atoms with Gasteiger partial charge in [-0.2, -0.15) is 0 Å². The van der Waals surface area contributed by atoms with Gasteiger partial charge in [-0.15, -0.1) is 0 Å². The van der Waals surface area contributed by atoms with E-state index < -0.39 is 11.0 Å². The lowest BCUT2D eigenvalue weighted by atomic mass is 10.1. The maximum atomic E-state index is 12.8. The van der Waals surface area contributed by atoms with Crippen molar-refractivity contribution in [3.8, 4) is 0 Å². The van der Waals surface area contributed by atoms with Crippen LogP contribution in [-0.4, -0.2) is 21.8 Å². The molecule has 0 saturated heterocycles. The largest absolute Gasteiger partial charge is 0.334 e. The van der Waals surface area contributed by atoms with Crippen LogP contribution in [0.5, 0.6) is 0 Å². The van der Waals surface area contributed by atoms with Crippen LogP contribution in [0.1, 0.15) is 30.0 Å². The fourth-order valence-corrected chi connectivity index (χ4v) is 2.67. The van der Waals surface area contributed by atoms with E-state index in [1.165, 1.54) is 12.1 Å². The van der Waals surface area contributed by atoms with Crippen LogP contribution in [0.3, 0.4) is 0 Å². The molecule has 1 aliphatic carbocycles. The van der Waals surface area contributed by atoms with E-state index in [0.29, 0.717) is 6.54 Å². The maximum Gasteiger partial charge on any atom is 0.269 e. The quantitative estimate of drug-likeness (QED) is 0.653. The molecule has 0 aliphatic heterocycles. The number of benzene rings is 2. The second-order valence-electron chi connectivity index (χ2n) is 6.01. The minimum atomic E-state index is -0.690. The lowest BCUT2D eigenvalue weighted by molar-refractivity contribution is -0.384. The molecule has 1 aliphatic rings. The van der Waals surface area contributed by atoms with Crippen LogP contribution < -0.4 is 5.73 Å². The van der Waals surface area contributed by atoms with Gasteiger partial charge in [0, 0.05) is 24.7 Å². The summed E-state index contributed by atoms with van der Waals surface area (Å²) < 4.78 is 0. The molecule has 0 aromatic heterocycles. The second kappa shape index (κ2) is 6.80. The summed E-state index contributed by atoms with van der Waals surface area (Å²) in [6.45, 7) is 0.419. The van der Waals surface area contributed by atoms with Gasteiger partial charge in [0.15, 0.2) is 0 Å². The Morgan fingerprint density at radius 1 is 1.17 bits per heavy atom. The molecular formula is C18H19N3O3. The predicted octanol–water partition coefficient (Wildman–Crippen LogP) is 2.79. The van der Waals surface area contributed by atoms with Crippen LogP contribution in [0.4, 0.5) is 5.69 Å². The smallest absolute Gasteiger partial charge is 0.269 e. The summed E-state index contributed by atoms with van der Waals surface area (Å²) >= 11 is 0. The SMILES string of the molecule is N[C@@H](C(=O)N(Cc1ccc([N+](=O)[O-])cc1)C1CC1)c1ccccc1. The van der Waals surface area contributed by atoms with Crippen LogP contribution in [0.25, 0.3) is 0 Å². The molecule has 0 heterocycles. The molecule has 0 bridgehead atoms. The number of nitrogens with two attached hydrogens (primary N) is 1. The highest BCUT2D eigenvalue weighted by atomic mass is 16.6. The molecule has 124 valence electrons. The van der Waals surface area contributed by atoms with Crippen LogP contribution in [0.2, 0.25) is 0 Å². The summed E-state index contributed by atoms with van der Waals surface area (Å²) in [5, 5.41) is 10.7. The number of nitro groups is 1. The monoisotopic (exact) mass is 325 g/mol. The van der Waals surface area contributed by atoms with E-state index in [-0.39, 0.29) is 17.6 Å². The zero-order chi connectivity index (χ0) is 17.1. The average molecular weight is 325 g/mol. The normalized spacial score (nSPS) is 14.9. The lowest BCUT2D eigenvalue weighted by Crippen LogP contribution is -2.39. The second-order valence-corrected chi connectivity index (χ2v) is 6.01. The van der Waals surface area contributed by atoms with Crippen molar-refractivity contribution < 1.29 is 9.72 Å².